The first-order chi connectivity index (χ1) is 17.2. The van der Waals surface area contributed by atoms with Crippen molar-refractivity contribution in [2.45, 2.75) is 24.4 Å². The maximum atomic E-state index is 12.7. The fourth-order valence-corrected chi connectivity index (χ4v) is 4.87. The first kappa shape index (κ1) is 26.0. The Labute approximate surface area is 225 Å². The minimum absolute atomic E-state index is 0.0178. The summed E-state index contributed by atoms with van der Waals surface area (Å²) in [6.45, 7) is 2.01. The molecule has 12 heteroatoms. The van der Waals surface area contributed by atoms with Crippen LogP contribution in [0.25, 0.3) is 5.69 Å². The average molecular weight is 563 g/mol. The molecule has 0 aliphatic carbocycles. The van der Waals surface area contributed by atoms with Crippen molar-refractivity contribution in [2.24, 2.45) is 0 Å². The van der Waals surface area contributed by atoms with Crippen molar-refractivity contribution in [1.82, 2.24) is 20.1 Å². The lowest BCUT2D eigenvalue weighted by molar-refractivity contribution is -0.384. The summed E-state index contributed by atoms with van der Waals surface area (Å²) < 4.78 is 1.74. The maximum absolute atomic E-state index is 12.7. The average Bonchev–Trinajstić information content (AvgIpc) is 3.25. The van der Waals surface area contributed by atoms with Gasteiger partial charge in [-0.15, -0.1) is 10.2 Å². The lowest BCUT2D eigenvalue weighted by Crippen LogP contribution is -2.24. The normalized spacial score (nSPS) is 10.9. The van der Waals surface area contributed by atoms with Gasteiger partial charge in [-0.05, 0) is 42.8 Å². The molecule has 1 aromatic heterocycles. The molecule has 8 nitrogen and oxygen atoms in total. The summed E-state index contributed by atoms with van der Waals surface area (Å²) in [6.07, 6.45) is 0. The number of carbonyl (C=O) groups excluding carboxylic acids is 1. The molecule has 0 fully saturated rings. The lowest BCUT2D eigenvalue weighted by Gasteiger charge is -2.13. The van der Waals surface area contributed by atoms with Gasteiger partial charge in [0.05, 0.1) is 22.2 Å². The summed E-state index contributed by atoms with van der Waals surface area (Å²) in [5.74, 6) is 0.511. The Morgan fingerprint density at radius 2 is 1.83 bits per heavy atom. The summed E-state index contributed by atoms with van der Waals surface area (Å²) in [5, 5.41) is 23.9. The maximum Gasteiger partial charge on any atom is 0.288 e. The molecule has 0 aliphatic rings. The predicted molar refractivity (Wildman–Crippen MR) is 141 cm³/mol. The molecule has 1 N–H and O–H groups in total. The van der Waals surface area contributed by atoms with Gasteiger partial charge in [0, 0.05) is 22.4 Å². The van der Waals surface area contributed by atoms with Gasteiger partial charge in [-0.2, -0.15) is 0 Å². The number of hydrogen-bond acceptors (Lipinski definition) is 6. The smallest absolute Gasteiger partial charge is 0.288 e. The van der Waals surface area contributed by atoms with Crippen molar-refractivity contribution < 1.29 is 9.72 Å². The van der Waals surface area contributed by atoms with E-state index in [1.165, 1.54) is 23.9 Å². The Hall–Kier alpha value is -3.11. The van der Waals surface area contributed by atoms with E-state index in [0.29, 0.717) is 32.5 Å². The number of nitro groups is 1. The van der Waals surface area contributed by atoms with Crippen LogP contribution in [-0.4, -0.2) is 25.6 Å². The van der Waals surface area contributed by atoms with Crippen LogP contribution in [0.4, 0.5) is 5.69 Å². The van der Waals surface area contributed by atoms with Gasteiger partial charge in [-0.3, -0.25) is 19.5 Å². The highest BCUT2D eigenvalue weighted by Gasteiger charge is 2.20. The Kier molecular flexibility index (Phi) is 8.15. The number of aromatic nitrogens is 3. The predicted octanol–water partition coefficient (Wildman–Crippen LogP) is 6.67. The van der Waals surface area contributed by atoms with Gasteiger partial charge in [-0.1, -0.05) is 76.4 Å². The van der Waals surface area contributed by atoms with E-state index in [-0.39, 0.29) is 22.8 Å². The molecule has 36 heavy (non-hydrogen) atoms. The quantitative estimate of drug-likeness (QED) is 0.146. The Morgan fingerprint density at radius 3 is 2.58 bits per heavy atom. The van der Waals surface area contributed by atoms with Crippen LogP contribution in [0.15, 0.2) is 65.8 Å². The fourth-order valence-electron chi connectivity index (χ4n) is 3.41. The van der Waals surface area contributed by atoms with Crippen molar-refractivity contribution in [3.05, 3.63) is 108 Å². The third kappa shape index (κ3) is 5.99. The summed E-state index contributed by atoms with van der Waals surface area (Å²) >= 11 is 20.0. The van der Waals surface area contributed by atoms with E-state index >= 15 is 0 Å². The van der Waals surface area contributed by atoms with E-state index in [1.807, 2.05) is 25.1 Å². The van der Waals surface area contributed by atoms with E-state index < -0.39 is 10.8 Å². The molecule has 0 aliphatic heterocycles. The standard InChI is InChI=1S/C24H18Cl3N5O3S/c1-14-3-2-4-15(9-14)13-36-24-30-29-22(31(24)20-11-17(25)6-8-18(20)26)12-28-23(33)16-5-7-19(27)21(10-16)32(34)35/h2-11H,12-13H2,1H3,(H,28,33). The SMILES string of the molecule is Cc1cccc(CSc2nnc(CNC(=O)c3ccc(Cl)c([N+](=O)[O-])c3)n2-c2cc(Cl)ccc2Cl)c1. The minimum Gasteiger partial charge on any atom is -0.345 e. The van der Waals surface area contributed by atoms with Gasteiger partial charge in [0.15, 0.2) is 11.0 Å². The van der Waals surface area contributed by atoms with Gasteiger partial charge in [-0.25, -0.2) is 0 Å². The summed E-state index contributed by atoms with van der Waals surface area (Å²) in [7, 11) is 0. The number of hydrogen-bond donors (Lipinski definition) is 1. The largest absolute Gasteiger partial charge is 0.345 e. The monoisotopic (exact) mass is 561 g/mol. The number of carbonyl (C=O) groups is 1. The number of rotatable bonds is 8. The number of thioether (sulfide) groups is 1. The van der Waals surface area contributed by atoms with Gasteiger partial charge in [0.2, 0.25) is 0 Å². The number of nitrogens with zero attached hydrogens (tertiary/aromatic N) is 4. The van der Waals surface area contributed by atoms with Gasteiger partial charge >= 0.3 is 0 Å². The molecular weight excluding hydrogens is 545 g/mol. The number of nitrogens with one attached hydrogen (secondary N) is 1. The number of nitro benzene ring substituents is 1. The van der Waals surface area contributed by atoms with E-state index in [4.69, 9.17) is 34.8 Å². The topological polar surface area (TPSA) is 103 Å². The molecule has 0 radical (unpaired) electrons. The summed E-state index contributed by atoms with van der Waals surface area (Å²) in [4.78, 5) is 23.3. The van der Waals surface area contributed by atoms with Crippen LogP contribution in [0.2, 0.25) is 15.1 Å². The minimum atomic E-state index is -0.644. The zero-order valence-electron chi connectivity index (χ0n) is 18.7. The first-order valence-corrected chi connectivity index (χ1v) is 12.6. The second kappa shape index (κ2) is 11.3. The van der Waals surface area contributed by atoms with Crippen LogP contribution in [0.3, 0.4) is 0 Å². The number of amides is 1. The highest BCUT2D eigenvalue weighted by Crippen LogP contribution is 2.31. The molecule has 0 atom stereocenters. The molecule has 4 aromatic rings. The molecule has 0 unspecified atom stereocenters. The van der Waals surface area contributed by atoms with Gasteiger partial charge < -0.3 is 5.32 Å². The molecule has 1 amide bonds. The molecule has 3 aromatic carbocycles. The zero-order valence-corrected chi connectivity index (χ0v) is 21.8. The van der Waals surface area contributed by atoms with E-state index in [0.717, 1.165) is 17.2 Å². The Morgan fingerprint density at radius 1 is 1.06 bits per heavy atom. The molecular formula is C24H18Cl3N5O3S. The highest BCUT2D eigenvalue weighted by molar-refractivity contribution is 7.98. The van der Waals surface area contributed by atoms with Crippen LogP contribution in [0.5, 0.6) is 0 Å². The fraction of sp³-hybridized carbons (Fsp3) is 0.125. The Bertz CT molecular complexity index is 1460. The Balaban J connectivity index is 1.62. The van der Waals surface area contributed by atoms with Crippen molar-refractivity contribution in [1.29, 1.82) is 0 Å². The summed E-state index contributed by atoms with van der Waals surface area (Å²) in [6, 6.07) is 17.0. The van der Waals surface area contributed by atoms with E-state index in [2.05, 4.69) is 21.6 Å². The van der Waals surface area contributed by atoms with Crippen LogP contribution in [-0.2, 0) is 12.3 Å². The molecule has 0 bridgehead atoms. The molecule has 0 saturated heterocycles. The van der Waals surface area contributed by atoms with Gasteiger partial charge in [0.1, 0.15) is 5.02 Å². The molecule has 1 heterocycles. The number of benzene rings is 3. The van der Waals surface area contributed by atoms with E-state index in [1.54, 1.807) is 22.8 Å². The first-order valence-electron chi connectivity index (χ1n) is 10.5. The molecule has 4 rings (SSSR count). The van der Waals surface area contributed by atoms with Crippen LogP contribution in [0, 0.1) is 17.0 Å². The lowest BCUT2D eigenvalue weighted by atomic mass is 10.2. The second-order valence-electron chi connectivity index (χ2n) is 7.71. The highest BCUT2D eigenvalue weighted by atomic mass is 35.5. The number of halogens is 3. The molecule has 0 saturated carbocycles. The van der Waals surface area contributed by atoms with Gasteiger partial charge in [0.25, 0.3) is 11.6 Å². The number of aryl methyl sites for hydroxylation is 1. The van der Waals surface area contributed by atoms with Crippen molar-refractivity contribution in [3.8, 4) is 5.69 Å². The molecule has 184 valence electrons. The van der Waals surface area contributed by atoms with Crippen LogP contribution >= 0.6 is 46.6 Å². The zero-order chi connectivity index (χ0) is 25.8. The van der Waals surface area contributed by atoms with Crippen molar-refractivity contribution in [2.75, 3.05) is 0 Å². The molecule has 0 spiro atoms. The summed E-state index contributed by atoms with van der Waals surface area (Å²) in [5.41, 5.74) is 2.57. The van der Waals surface area contributed by atoms with Crippen LogP contribution in [0.1, 0.15) is 27.3 Å². The van der Waals surface area contributed by atoms with Crippen LogP contribution < -0.4 is 5.32 Å². The third-order valence-electron chi connectivity index (χ3n) is 5.11. The van der Waals surface area contributed by atoms with Crippen molar-refractivity contribution >= 4 is 58.2 Å². The van der Waals surface area contributed by atoms with E-state index in [9.17, 15) is 14.9 Å². The second-order valence-corrected chi connectivity index (χ2v) is 9.91. The van der Waals surface area contributed by atoms with Crippen molar-refractivity contribution in [3.63, 3.8) is 0 Å². The third-order valence-corrected chi connectivity index (χ3v) is 6.99.